The summed E-state index contributed by atoms with van der Waals surface area (Å²) in [5, 5.41) is 0. The van der Waals surface area contributed by atoms with Gasteiger partial charge < -0.3 is 4.90 Å². The van der Waals surface area contributed by atoms with Crippen LogP contribution in [0.4, 0.5) is 11.5 Å². The molecule has 4 heteroatoms. The van der Waals surface area contributed by atoms with E-state index < -0.39 is 0 Å². The third kappa shape index (κ3) is 2.60. The Hall–Kier alpha value is -2.45. The highest BCUT2D eigenvalue weighted by Gasteiger charge is 2.13. The lowest BCUT2D eigenvalue weighted by Gasteiger charge is -2.17. The van der Waals surface area contributed by atoms with Gasteiger partial charge in [-0.05, 0) is 37.1 Å². The zero-order valence-corrected chi connectivity index (χ0v) is 11.1. The molecule has 2 heterocycles. The molecule has 1 aromatic carbocycles. The van der Waals surface area contributed by atoms with E-state index >= 15 is 0 Å². The van der Waals surface area contributed by atoms with Gasteiger partial charge in [0.1, 0.15) is 5.82 Å². The molecule has 3 rings (SSSR count). The highest BCUT2D eigenvalue weighted by Crippen LogP contribution is 2.25. The predicted molar refractivity (Wildman–Crippen MR) is 78.9 cm³/mol. The SMILES string of the molecule is O=C=Nc1cccc(-c2cccc(N3CCCC3)n2)c1. The van der Waals surface area contributed by atoms with E-state index in [1.807, 2.05) is 36.4 Å². The van der Waals surface area contributed by atoms with Crippen molar-refractivity contribution >= 4 is 17.6 Å². The fraction of sp³-hybridized carbons (Fsp3) is 0.250. The minimum absolute atomic E-state index is 0.603. The average molecular weight is 265 g/mol. The van der Waals surface area contributed by atoms with Crippen molar-refractivity contribution < 1.29 is 4.79 Å². The van der Waals surface area contributed by atoms with Gasteiger partial charge in [0.05, 0.1) is 11.4 Å². The first-order chi connectivity index (χ1) is 9.86. The molecule has 2 aromatic rings. The van der Waals surface area contributed by atoms with Crippen LogP contribution in [0.1, 0.15) is 12.8 Å². The van der Waals surface area contributed by atoms with Gasteiger partial charge in [0.2, 0.25) is 6.08 Å². The Bertz CT molecular complexity index is 656. The normalized spacial score (nSPS) is 14.1. The lowest BCUT2D eigenvalue weighted by molar-refractivity contribution is 0.565. The van der Waals surface area contributed by atoms with E-state index in [-0.39, 0.29) is 0 Å². The summed E-state index contributed by atoms with van der Waals surface area (Å²) in [5.74, 6) is 1.02. The molecule has 100 valence electrons. The molecule has 1 aromatic heterocycles. The van der Waals surface area contributed by atoms with E-state index in [0.717, 1.165) is 30.2 Å². The molecule has 1 fully saturated rings. The van der Waals surface area contributed by atoms with Crippen LogP contribution in [0.3, 0.4) is 0 Å². The standard InChI is InChI=1S/C16H15N3O/c20-12-17-14-6-3-5-13(11-14)15-7-4-8-16(18-15)19-9-1-2-10-19/h3-8,11H,1-2,9-10H2. The second kappa shape index (κ2) is 5.68. The van der Waals surface area contributed by atoms with Crippen LogP contribution in [0.2, 0.25) is 0 Å². The molecule has 1 aliphatic heterocycles. The number of aliphatic imine (C=N–C) groups is 1. The van der Waals surface area contributed by atoms with Crippen LogP contribution in [0, 0.1) is 0 Å². The molecule has 0 amide bonds. The third-order valence-corrected chi connectivity index (χ3v) is 3.48. The molecule has 1 saturated heterocycles. The number of nitrogens with zero attached hydrogens (tertiary/aromatic N) is 3. The van der Waals surface area contributed by atoms with E-state index in [1.165, 1.54) is 12.8 Å². The summed E-state index contributed by atoms with van der Waals surface area (Å²) >= 11 is 0. The molecule has 0 N–H and O–H groups in total. The maximum atomic E-state index is 10.3. The molecule has 0 atom stereocenters. The Morgan fingerprint density at radius 1 is 1.10 bits per heavy atom. The van der Waals surface area contributed by atoms with Crippen molar-refractivity contribution in [2.75, 3.05) is 18.0 Å². The van der Waals surface area contributed by atoms with Crippen LogP contribution in [0.15, 0.2) is 47.5 Å². The molecule has 0 radical (unpaired) electrons. The van der Waals surface area contributed by atoms with Gasteiger partial charge in [-0.15, -0.1) is 0 Å². The van der Waals surface area contributed by atoms with E-state index in [9.17, 15) is 4.79 Å². The third-order valence-electron chi connectivity index (χ3n) is 3.48. The number of pyridine rings is 1. The van der Waals surface area contributed by atoms with Crippen molar-refractivity contribution in [3.63, 3.8) is 0 Å². The number of isocyanates is 1. The van der Waals surface area contributed by atoms with Gasteiger partial charge in [-0.2, -0.15) is 4.99 Å². The fourth-order valence-corrected chi connectivity index (χ4v) is 2.49. The Kier molecular flexibility index (Phi) is 3.57. The molecular weight excluding hydrogens is 250 g/mol. The van der Waals surface area contributed by atoms with Crippen LogP contribution in [0.25, 0.3) is 11.3 Å². The van der Waals surface area contributed by atoms with Gasteiger partial charge in [0.15, 0.2) is 0 Å². The van der Waals surface area contributed by atoms with E-state index in [4.69, 9.17) is 4.98 Å². The number of carbonyl (C=O) groups excluding carboxylic acids is 1. The smallest absolute Gasteiger partial charge is 0.240 e. The number of hydrogen-bond acceptors (Lipinski definition) is 4. The van der Waals surface area contributed by atoms with Crippen molar-refractivity contribution in [3.8, 4) is 11.3 Å². The highest BCUT2D eigenvalue weighted by molar-refractivity contribution is 5.66. The Balaban J connectivity index is 1.95. The maximum Gasteiger partial charge on any atom is 0.240 e. The van der Waals surface area contributed by atoms with Gasteiger partial charge in [0.25, 0.3) is 0 Å². The number of anilines is 1. The van der Waals surface area contributed by atoms with E-state index in [1.54, 1.807) is 12.1 Å². The number of hydrogen-bond donors (Lipinski definition) is 0. The molecule has 0 saturated carbocycles. The van der Waals surface area contributed by atoms with Crippen LogP contribution in [-0.2, 0) is 4.79 Å². The summed E-state index contributed by atoms with van der Waals surface area (Å²) in [6.07, 6.45) is 4.03. The monoisotopic (exact) mass is 265 g/mol. The van der Waals surface area contributed by atoms with Crippen molar-refractivity contribution in [3.05, 3.63) is 42.5 Å². The van der Waals surface area contributed by atoms with Gasteiger partial charge in [-0.25, -0.2) is 9.78 Å². The lowest BCUT2D eigenvalue weighted by atomic mass is 10.1. The predicted octanol–water partition coefficient (Wildman–Crippen LogP) is 3.32. The summed E-state index contributed by atoms with van der Waals surface area (Å²) in [7, 11) is 0. The molecular formula is C16H15N3O. The second-order valence-electron chi connectivity index (χ2n) is 4.83. The molecule has 20 heavy (non-hydrogen) atoms. The quantitative estimate of drug-likeness (QED) is 0.631. The van der Waals surface area contributed by atoms with Crippen molar-refractivity contribution in [2.45, 2.75) is 12.8 Å². The first-order valence-corrected chi connectivity index (χ1v) is 6.77. The summed E-state index contributed by atoms with van der Waals surface area (Å²) in [6, 6.07) is 13.5. The second-order valence-corrected chi connectivity index (χ2v) is 4.83. The first kappa shape index (κ1) is 12.6. The first-order valence-electron chi connectivity index (χ1n) is 6.77. The minimum Gasteiger partial charge on any atom is -0.357 e. The molecule has 0 unspecified atom stereocenters. The molecule has 4 nitrogen and oxygen atoms in total. The van der Waals surface area contributed by atoms with Crippen LogP contribution < -0.4 is 4.90 Å². The average Bonchev–Trinajstić information content (AvgIpc) is 3.02. The maximum absolute atomic E-state index is 10.3. The van der Waals surface area contributed by atoms with Gasteiger partial charge in [0, 0.05) is 18.7 Å². The van der Waals surface area contributed by atoms with Gasteiger partial charge in [-0.1, -0.05) is 18.2 Å². The van der Waals surface area contributed by atoms with Crippen LogP contribution >= 0.6 is 0 Å². The van der Waals surface area contributed by atoms with Crippen molar-refractivity contribution in [1.29, 1.82) is 0 Å². The van der Waals surface area contributed by atoms with Crippen molar-refractivity contribution in [1.82, 2.24) is 4.98 Å². The van der Waals surface area contributed by atoms with Crippen LogP contribution in [0.5, 0.6) is 0 Å². The Morgan fingerprint density at radius 3 is 2.70 bits per heavy atom. The lowest BCUT2D eigenvalue weighted by Crippen LogP contribution is -2.18. The van der Waals surface area contributed by atoms with Crippen molar-refractivity contribution in [2.24, 2.45) is 4.99 Å². The topological polar surface area (TPSA) is 45.6 Å². The molecule has 0 spiro atoms. The zero-order chi connectivity index (χ0) is 13.8. The Morgan fingerprint density at radius 2 is 1.90 bits per heavy atom. The Labute approximate surface area is 117 Å². The van der Waals surface area contributed by atoms with Crippen LogP contribution in [-0.4, -0.2) is 24.2 Å². The van der Waals surface area contributed by atoms with Gasteiger partial charge in [-0.3, -0.25) is 0 Å². The van der Waals surface area contributed by atoms with Gasteiger partial charge >= 0.3 is 0 Å². The molecule has 1 aliphatic rings. The highest BCUT2D eigenvalue weighted by atomic mass is 16.1. The zero-order valence-electron chi connectivity index (χ0n) is 11.1. The number of rotatable bonds is 3. The molecule has 0 bridgehead atoms. The summed E-state index contributed by atoms with van der Waals surface area (Å²) in [4.78, 5) is 21.0. The fourth-order valence-electron chi connectivity index (χ4n) is 2.49. The minimum atomic E-state index is 0.603. The number of aromatic nitrogens is 1. The summed E-state index contributed by atoms with van der Waals surface area (Å²) in [6.45, 7) is 2.15. The largest absolute Gasteiger partial charge is 0.357 e. The molecule has 0 aliphatic carbocycles. The number of benzene rings is 1. The summed E-state index contributed by atoms with van der Waals surface area (Å²) < 4.78 is 0. The van der Waals surface area contributed by atoms with E-state index in [2.05, 4.69) is 9.89 Å². The van der Waals surface area contributed by atoms with E-state index in [0.29, 0.717) is 5.69 Å². The summed E-state index contributed by atoms with van der Waals surface area (Å²) in [5.41, 5.74) is 2.46.